The SMILES string of the molecule is [CH]1[CH][CH][C]([C@@H](c2ccccc2)[C@@H]([C]2[CH][CH][CH][CH]2)c2ccccc2)[CH]1. The van der Waals surface area contributed by atoms with E-state index >= 15 is 0 Å². The van der Waals surface area contributed by atoms with Crippen molar-refractivity contribution in [1.82, 2.24) is 0 Å². The van der Waals surface area contributed by atoms with Gasteiger partial charge in [-0.1, -0.05) is 60.7 Å². The van der Waals surface area contributed by atoms with Gasteiger partial charge in [0.05, 0.1) is 0 Å². The third-order valence-electron chi connectivity index (χ3n) is 4.75. The first-order valence-corrected chi connectivity index (χ1v) is 8.46. The minimum atomic E-state index is 0.311. The van der Waals surface area contributed by atoms with Crippen LogP contribution in [0.25, 0.3) is 0 Å². The summed E-state index contributed by atoms with van der Waals surface area (Å²) >= 11 is 0. The first kappa shape index (κ1) is 15.9. The molecule has 24 heavy (non-hydrogen) atoms. The number of hydrogen-bond donors (Lipinski definition) is 0. The van der Waals surface area contributed by atoms with Gasteiger partial charge in [-0.15, -0.1) is 0 Å². The summed E-state index contributed by atoms with van der Waals surface area (Å²) in [5.41, 5.74) is 2.72. The molecular formula is C24H20. The predicted molar refractivity (Wildman–Crippen MR) is 99.3 cm³/mol. The Kier molecular flexibility index (Phi) is 5.02. The number of benzene rings is 2. The van der Waals surface area contributed by atoms with Crippen LogP contribution in [-0.4, -0.2) is 0 Å². The summed E-state index contributed by atoms with van der Waals surface area (Å²) in [4.78, 5) is 0. The van der Waals surface area contributed by atoms with Gasteiger partial charge in [0.1, 0.15) is 0 Å². The molecule has 2 aromatic carbocycles. The van der Waals surface area contributed by atoms with Crippen molar-refractivity contribution in [2.24, 2.45) is 0 Å². The van der Waals surface area contributed by atoms with Crippen LogP contribution in [0.4, 0.5) is 0 Å². The van der Waals surface area contributed by atoms with Crippen LogP contribution >= 0.6 is 0 Å². The summed E-state index contributed by atoms with van der Waals surface area (Å²) < 4.78 is 0. The van der Waals surface area contributed by atoms with Crippen LogP contribution in [0.2, 0.25) is 0 Å². The van der Waals surface area contributed by atoms with Crippen molar-refractivity contribution in [3.8, 4) is 0 Å². The Morgan fingerprint density at radius 2 is 0.750 bits per heavy atom. The highest BCUT2D eigenvalue weighted by atomic mass is 14.4. The second-order valence-electron chi connectivity index (χ2n) is 6.21. The van der Waals surface area contributed by atoms with Gasteiger partial charge in [0, 0.05) is 0 Å². The van der Waals surface area contributed by atoms with E-state index in [-0.39, 0.29) is 0 Å². The first-order valence-electron chi connectivity index (χ1n) is 8.46. The summed E-state index contributed by atoms with van der Waals surface area (Å²) in [7, 11) is 0. The Balaban J connectivity index is 1.76. The molecule has 0 unspecified atom stereocenters. The van der Waals surface area contributed by atoms with Gasteiger partial charge in [-0.05, 0) is 86.2 Å². The fourth-order valence-electron chi connectivity index (χ4n) is 3.67. The van der Waals surface area contributed by atoms with Crippen molar-refractivity contribution in [2.45, 2.75) is 11.8 Å². The Morgan fingerprint density at radius 1 is 0.417 bits per heavy atom. The smallest absolute Gasteiger partial charge is 0.00192 e. The molecule has 0 amide bonds. The molecule has 10 radical (unpaired) electrons. The topological polar surface area (TPSA) is 0 Å². The molecule has 0 saturated heterocycles. The molecule has 0 heterocycles. The molecule has 2 aliphatic carbocycles. The Morgan fingerprint density at radius 3 is 1.08 bits per heavy atom. The molecule has 0 aromatic heterocycles. The Labute approximate surface area is 147 Å². The largest absolute Gasteiger partial charge is 0.0622 e. The van der Waals surface area contributed by atoms with Crippen LogP contribution in [0, 0.1) is 63.2 Å². The van der Waals surface area contributed by atoms with E-state index in [1.807, 2.05) is 0 Å². The predicted octanol–water partition coefficient (Wildman–Crippen LogP) is 5.36. The normalized spacial score (nSPS) is 21.8. The zero-order valence-electron chi connectivity index (χ0n) is 13.5. The van der Waals surface area contributed by atoms with Crippen LogP contribution in [0.15, 0.2) is 60.7 Å². The van der Waals surface area contributed by atoms with Crippen LogP contribution in [0.5, 0.6) is 0 Å². The van der Waals surface area contributed by atoms with Gasteiger partial charge < -0.3 is 0 Å². The third kappa shape index (κ3) is 3.29. The molecule has 116 valence electrons. The molecule has 0 heteroatoms. The van der Waals surface area contributed by atoms with E-state index in [2.05, 4.69) is 112 Å². The zero-order valence-corrected chi connectivity index (χ0v) is 13.5. The first-order chi connectivity index (χ1) is 11.9. The zero-order chi connectivity index (χ0) is 16.2. The van der Waals surface area contributed by atoms with Gasteiger partial charge in [0.15, 0.2) is 0 Å². The lowest BCUT2D eigenvalue weighted by Crippen LogP contribution is -2.23. The van der Waals surface area contributed by atoms with E-state index in [1.54, 1.807) is 0 Å². The molecule has 2 atom stereocenters. The summed E-state index contributed by atoms with van der Waals surface area (Å²) in [6.07, 6.45) is 17.5. The summed E-state index contributed by atoms with van der Waals surface area (Å²) in [5, 5.41) is 0. The van der Waals surface area contributed by atoms with Crippen molar-refractivity contribution in [2.75, 3.05) is 0 Å². The second-order valence-corrected chi connectivity index (χ2v) is 6.21. The highest BCUT2D eigenvalue weighted by Crippen LogP contribution is 2.52. The van der Waals surface area contributed by atoms with Crippen molar-refractivity contribution in [1.29, 1.82) is 0 Å². The van der Waals surface area contributed by atoms with E-state index in [9.17, 15) is 0 Å². The van der Waals surface area contributed by atoms with E-state index in [0.29, 0.717) is 11.8 Å². The molecule has 0 spiro atoms. The number of rotatable bonds is 5. The van der Waals surface area contributed by atoms with Crippen LogP contribution in [0.1, 0.15) is 23.0 Å². The molecule has 2 fully saturated rings. The second kappa shape index (κ2) is 7.55. The summed E-state index contributed by atoms with van der Waals surface area (Å²) in [6.45, 7) is 0. The average Bonchev–Trinajstić information content (AvgIpc) is 3.35. The molecular weight excluding hydrogens is 288 g/mol. The average molecular weight is 308 g/mol. The molecule has 0 nitrogen and oxygen atoms in total. The van der Waals surface area contributed by atoms with E-state index in [1.165, 1.54) is 23.0 Å². The van der Waals surface area contributed by atoms with Gasteiger partial charge >= 0.3 is 0 Å². The van der Waals surface area contributed by atoms with E-state index in [0.717, 1.165) is 0 Å². The highest BCUT2D eigenvalue weighted by Gasteiger charge is 2.39. The molecule has 0 aliphatic heterocycles. The van der Waals surface area contributed by atoms with E-state index < -0.39 is 0 Å². The third-order valence-corrected chi connectivity index (χ3v) is 4.75. The fraction of sp³-hybridized carbons (Fsp3) is 0.0833. The molecule has 0 N–H and O–H groups in total. The number of hydrogen-bond acceptors (Lipinski definition) is 0. The lowest BCUT2D eigenvalue weighted by molar-refractivity contribution is 0.603. The molecule has 0 bridgehead atoms. The molecule has 2 aromatic rings. The standard InChI is InChI=1S/C24H20/c1-3-11-19(12-4-1)23(21-15-7-8-16-21)24(22-17-9-10-18-22)20-13-5-2-6-14-20/h1-18,23-24H/t23-,24-/m1/s1. The maximum Gasteiger partial charge on any atom is -0.00192 e. The van der Waals surface area contributed by atoms with Crippen molar-refractivity contribution in [3.63, 3.8) is 0 Å². The van der Waals surface area contributed by atoms with Crippen LogP contribution in [0.3, 0.4) is 0 Å². The minimum Gasteiger partial charge on any atom is -0.0622 e. The van der Waals surface area contributed by atoms with E-state index in [4.69, 9.17) is 0 Å². The lowest BCUT2D eigenvalue weighted by Gasteiger charge is -2.35. The quantitative estimate of drug-likeness (QED) is 0.697. The minimum absolute atomic E-state index is 0.311. The van der Waals surface area contributed by atoms with Gasteiger partial charge in [-0.25, -0.2) is 0 Å². The summed E-state index contributed by atoms with van der Waals surface area (Å²) in [6, 6.07) is 21.7. The molecule has 2 aliphatic rings. The monoisotopic (exact) mass is 308 g/mol. The fourth-order valence-corrected chi connectivity index (χ4v) is 3.67. The highest BCUT2D eigenvalue weighted by molar-refractivity contribution is 5.52. The maximum atomic E-state index is 2.25. The van der Waals surface area contributed by atoms with Crippen molar-refractivity contribution in [3.05, 3.63) is 135 Å². The Hall–Kier alpha value is -1.56. The van der Waals surface area contributed by atoms with Crippen molar-refractivity contribution >= 4 is 0 Å². The summed E-state index contributed by atoms with van der Waals surface area (Å²) in [5.74, 6) is 3.37. The van der Waals surface area contributed by atoms with Crippen LogP contribution in [-0.2, 0) is 0 Å². The van der Waals surface area contributed by atoms with Crippen molar-refractivity contribution < 1.29 is 0 Å². The maximum absolute atomic E-state index is 2.25. The van der Waals surface area contributed by atoms with Gasteiger partial charge in [-0.3, -0.25) is 0 Å². The molecule has 4 rings (SSSR count). The molecule has 2 saturated carbocycles. The Bertz CT molecular complexity index is 546. The lowest BCUT2D eigenvalue weighted by atomic mass is 9.67. The van der Waals surface area contributed by atoms with Crippen LogP contribution < -0.4 is 0 Å². The van der Waals surface area contributed by atoms with Gasteiger partial charge in [0.25, 0.3) is 0 Å². The van der Waals surface area contributed by atoms with Gasteiger partial charge in [-0.2, -0.15) is 0 Å². The van der Waals surface area contributed by atoms with Gasteiger partial charge in [0.2, 0.25) is 0 Å².